The van der Waals surface area contributed by atoms with E-state index in [1.807, 2.05) is 29.9 Å². The average Bonchev–Trinajstić information content (AvgIpc) is 3.44. The third-order valence-electron chi connectivity index (χ3n) is 5.11. The number of aryl methyl sites for hydroxylation is 1. The Morgan fingerprint density at radius 1 is 1.06 bits per heavy atom. The Morgan fingerprint density at radius 2 is 1.79 bits per heavy atom. The van der Waals surface area contributed by atoms with Crippen molar-refractivity contribution in [3.05, 3.63) is 96.2 Å². The highest BCUT2D eigenvalue weighted by Gasteiger charge is 2.30. The van der Waals surface area contributed by atoms with Crippen molar-refractivity contribution in [2.45, 2.75) is 19.3 Å². The molecule has 174 valence electrons. The molecule has 1 aromatic carbocycles. The summed E-state index contributed by atoms with van der Waals surface area (Å²) in [4.78, 5) is 29.0. The van der Waals surface area contributed by atoms with Gasteiger partial charge in [-0.1, -0.05) is 6.08 Å². The van der Waals surface area contributed by atoms with Crippen LogP contribution < -0.4 is 0 Å². The molecule has 0 saturated heterocycles. The molecule has 0 aliphatic carbocycles. The molecule has 0 N–H and O–H groups in total. The molecular weight excluding hydrogens is 435 g/mol. The van der Waals surface area contributed by atoms with Gasteiger partial charge >= 0.3 is 6.18 Å². The molecule has 9 heteroatoms. The van der Waals surface area contributed by atoms with Gasteiger partial charge in [-0.2, -0.15) is 13.2 Å². The van der Waals surface area contributed by atoms with Crippen molar-refractivity contribution in [3.8, 4) is 0 Å². The van der Waals surface area contributed by atoms with Crippen LogP contribution in [0.5, 0.6) is 0 Å². The van der Waals surface area contributed by atoms with E-state index in [9.17, 15) is 22.8 Å². The number of benzene rings is 1. The summed E-state index contributed by atoms with van der Waals surface area (Å²) in [6, 6.07) is 11.1. The van der Waals surface area contributed by atoms with Gasteiger partial charge in [0.1, 0.15) is 12.3 Å². The summed E-state index contributed by atoms with van der Waals surface area (Å²) in [5, 5.41) is 0. The van der Waals surface area contributed by atoms with E-state index in [-0.39, 0.29) is 31.1 Å². The van der Waals surface area contributed by atoms with E-state index in [2.05, 4.69) is 6.58 Å². The molecule has 6 nitrogen and oxygen atoms in total. The maximum absolute atomic E-state index is 13.2. The number of alkyl halides is 3. The minimum Gasteiger partial charge on any atom is -0.467 e. The lowest BCUT2D eigenvalue weighted by molar-refractivity contribution is -0.137. The van der Waals surface area contributed by atoms with E-state index in [0.717, 1.165) is 30.0 Å². The van der Waals surface area contributed by atoms with Crippen LogP contribution in [0, 0.1) is 0 Å². The second-order valence-corrected chi connectivity index (χ2v) is 7.49. The zero-order chi connectivity index (χ0) is 24.0. The van der Waals surface area contributed by atoms with Gasteiger partial charge in [0.25, 0.3) is 5.91 Å². The second kappa shape index (κ2) is 10.2. The molecule has 2 aromatic heterocycles. The fourth-order valence-corrected chi connectivity index (χ4v) is 3.30. The summed E-state index contributed by atoms with van der Waals surface area (Å²) in [6.45, 7) is 3.91. The van der Waals surface area contributed by atoms with E-state index in [0.29, 0.717) is 12.3 Å². The van der Waals surface area contributed by atoms with Gasteiger partial charge < -0.3 is 18.8 Å². The first-order chi connectivity index (χ1) is 15.7. The standard InChI is InChI=1S/C24H24F3N3O3/c1-3-12-29(23(32)18-8-10-19(11-9-18)24(25,26)27)17-22(31)30(16-21-7-5-14-33-21)15-20-6-4-13-28(20)2/h3-11,13-14H,1,12,15-17H2,2H3. The molecule has 2 amide bonds. The van der Waals surface area contributed by atoms with E-state index >= 15 is 0 Å². The Bertz CT molecular complexity index is 1090. The van der Waals surface area contributed by atoms with Gasteiger partial charge in [0, 0.05) is 31.0 Å². The zero-order valence-electron chi connectivity index (χ0n) is 18.1. The first kappa shape index (κ1) is 23.9. The average molecular weight is 459 g/mol. The number of aromatic nitrogens is 1. The van der Waals surface area contributed by atoms with Gasteiger partial charge in [0.2, 0.25) is 5.91 Å². The molecule has 0 spiro atoms. The van der Waals surface area contributed by atoms with Gasteiger partial charge in [-0.05, 0) is 48.5 Å². The van der Waals surface area contributed by atoms with Gasteiger partial charge in [-0.3, -0.25) is 9.59 Å². The zero-order valence-corrected chi connectivity index (χ0v) is 18.1. The van der Waals surface area contributed by atoms with Crippen molar-refractivity contribution in [1.29, 1.82) is 0 Å². The highest BCUT2D eigenvalue weighted by molar-refractivity contribution is 5.96. The Kier molecular flexibility index (Phi) is 7.42. The fourth-order valence-electron chi connectivity index (χ4n) is 3.30. The molecule has 0 aliphatic rings. The Hall–Kier alpha value is -3.75. The lowest BCUT2D eigenvalue weighted by atomic mass is 10.1. The van der Waals surface area contributed by atoms with E-state index < -0.39 is 17.6 Å². The number of carbonyl (C=O) groups excluding carboxylic acids is 2. The minimum atomic E-state index is -4.50. The van der Waals surface area contributed by atoms with E-state index in [1.165, 1.54) is 17.2 Å². The smallest absolute Gasteiger partial charge is 0.416 e. The molecule has 0 atom stereocenters. The quantitative estimate of drug-likeness (QED) is 0.443. The Morgan fingerprint density at radius 3 is 2.33 bits per heavy atom. The number of furan rings is 1. The van der Waals surface area contributed by atoms with Gasteiger partial charge in [0.05, 0.1) is 24.9 Å². The molecular formula is C24H24F3N3O3. The summed E-state index contributed by atoms with van der Waals surface area (Å²) >= 11 is 0. The van der Waals surface area contributed by atoms with Crippen LogP contribution in [0.1, 0.15) is 27.4 Å². The molecule has 0 radical (unpaired) electrons. The molecule has 33 heavy (non-hydrogen) atoms. The summed E-state index contributed by atoms with van der Waals surface area (Å²) in [6.07, 6.45) is 0.340. The van der Waals surface area contributed by atoms with Crippen LogP contribution in [-0.4, -0.2) is 39.3 Å². The summed E-state index contributed by atoms with van der Waals surface area (Å²) in [7, 11) is 1.86. The first-order valence-corrected chi connectivity index (χ1v) is 10.2. The predicted octanol–water partition coefficient (Wildman–Crippen LogP) is 4.49. The van der Waals surface area contributed by atoms with Crippen molar-refractivity contribution in [2.24, 2.45) is 7.05 Å². The summed E-state index contributed by atoms with van der Waals surface area (Å²) < 4.78 is 45.8. The van der Waals surface area contributed by atoms with Gasteiger partial charge in [-0.15, -0.1) is 6.58 Å². The lowest BCUT2D eigenvalue weighted by Gasteiger charge is -2.27. The highest BCUT2D eigenvalue weighted by atomic mass is 19.4. The molecule has 0 unspecified atom stereocenters. The maximum Gasteiger partial charge on any atom is 0.416 e. The highest BCUT2D eigenvalue weighted by Crippen LogP contribution is 2.29. The van der Waals surface area contributed by atoms with Crippen LogP contribution in [0.3, 0.4) is 0 Å². The fraction of sp³-hybridized carbons (Fsp3) is 0.250. The van der Waals surface area contributed by atoms with Crippen molar-refractivity contribution >= 4 is 11.8 Å². The number of halogens is 3. The molecule has 3 rings (SSSR count). The SMILES string of the molecule is C=CCN(CC(=O)N(Cc1ccco1)Cc1cccn1C)C(=O)c1ccc(C(F)(F)F)cc1. The van der Waals surface area contributed by atoms with Gasteiger partial charge in [0.15, 0.2) is 0 Å². The number of hydrogen-bond donors (Lipinski definition) is 0. The van der Waals surface area contributed by atoms with Crippen LogP contribution >= 0.6 is 0 Å². The summed E-state index contributed by atoms with van der Waals surface area (Å²) in [5.74, 6) is -0.314. The molecule has 0 bridgehead atoms. The first-order valence-electron chi connectivity index (χ1n) is 10.2. The number of amides is 2. The maximum atomic E-state index is 13.2. The summed E-state index contributed by atoms with van der Waals surface area (Å²) in [5.41, 5.74) is 0.0921. The normalized spacial score (nSPS) is 11.3. The predicted molar refractivity (Wildman–Crippen MR) is 116 cm³/mol. The van der Waals surface area contributed by atoms with Crippen LogP contribution in [-0.2, 0) is 31.1 Å². The minimum absolute atomic E-state index is 0.0534. The van der Waals surface area contributed by atoms with Crippen molar-refractivity contribution in [3.63, 3.8) is 0 Å². The van der Waals surface area contributed by atoms with Crippen LogP contribution in [0.25, 0.3) is 0 Å². The van der Waals surface area contributed by atoms with Crippen LogP contribution in [0.15, 0.2) is 78.1 Å². The third-order valence-corrected chi connectivity index (χ3v) is 5.11. The van der Waals surface area contributed by atoms with E-state index in [4.69, 9.17) is 4.42 Å². The third kappa shape index (κ3) is 6.15. The van der Waals surface area contributed by atoms with Gasteiger partial charge in [-0.25, -0.2) is 0 Å². The second-order valence-electron chi connectivity index (χ2n) is 7.49. The topological polar surface area (TPSA) is 58.7 Å². The molecule has 0 fully saturated rings. The number of carbonyl (C=O) groups is 2. The number of hydrogen-bond acceptors (Lipinski definition) is 3. The largest absolute Gasteiger partial charge is 0.467 e. The molecule has 0 aliphatic heterocycles. The number of nitrogens with zero attached hydrogens (tertiary/aromatic N) is 3. The Labute approximate surface area is 189 Å². The molecule has 0 saturated carbocycles. The lowest BCUT2D eigenvalue weighted by Crippen LogP contribution is -2.42. The molecule has 3 aromatic rings. The monoisotopic (exact) mass is 459 g/mol. The van der Waals surface area contributed by atoms with Crippen molar-refractivity contribution < 1.29 is 27.2 Å². The van der Waals surface area contributed by atoms with Crippen LogP contribution in [0.2, 0.25) is 0 Å². The van der Waals surface area contributed by atoms with E-state index in [1.54, 1.807) is 17.0 Å². The number of rotatable bonds is 9. The van der Waals surface area contributed by atoms with Crippen molar-refractivity contribution in [2.75, 3.05) is 13.1 Å². The van der Waals surface area contributed by atoms with Crippen LogP contribution in [0.4, 0.5) is 13.2 Å². The van der Waals surface area contributed by atoms with Crippen molar-refractivity contribution in [1.82, 2.24) is 14.4 Å². The Balaban J connectivity index is 1.78. The molecule has 2 heterocycles.